The van der Waals surface area contributed by atoms with E-state index >= 15 is 0 Å². The van der Waals surface area contributed by atoms with Crippen molar-refractivity contribution in [2.24, 2.45) is 0 Å². The first kappa shape index (κ1) is 25.2. The van der Waals surface area contributed by atoms with Crippen LogP contribution >= 0.6 is 0 Å². The normalized spacial score (nSPS) is 12.0. The summed E-state index contributed by atoms with van der Waals surface area (Å²) in [6.45, 7) is 7.08. The largest absolute Gasteiger partial charge is 0.0666 e. The zero-order valence-corrected chi connectivity index (χ0v) is 22.7. The molecule has 0 aromatic heterocycles. The molecule has 0 nitrogen and oxygen atoms in total. The third kappa shape index (κ3) is 7.29. The molecule has 0 saturated carbocycles. The Balaban J connectivity index is 1.72. The van der Waals surface area contributed by atoms with Gasteiger partial charge < -0.3 is 0 Å². The van der Waals surface area contributed by atoms with Crippen LogP contribution in [0.5, 0.6) is 0 Å². The minimum Gasteiger partial charge on any atom is -0.0622 e. The number of benzene rings is 4. The summed E-state index contributed by atoms with van der Waals surface area (Å²) in [5.74, 6) is 0. The van der Waals surface area contributed by atoms with E-state index in [-0.39, 0.29) is 5.41 Å². The second-order valence-electron chi connectivity index (χ2n) is 11.2. The van der Waals surface area contributed by atoms with Crippen LogP contribution in [0.1, 0.15) is 55.0 Å². The van der Waals surface area contributed by atoms with Gasteiger partial charge in [0.1, 0.15) is 0 Å². The first-order valence-electron chi connectivity index (χ1n) is 13.1. The number of hydrogen-bond donors (Lipinski definition) is 0. The molecule has 0 fully saturated rings. The molecule has 0 aliphatic carbocycles. The summed E-state index contributed by atoms with van der Waals surface area (Å²) in [7, 11) is -1.78. The maximum absolute atomic E-state index is 2.41. The second kappa shape index (κ2) is 11.7. The SMILES string of the molecule is CC(C)(C)c1ccccc1C[Si](CCCc1ccccc1)(Cc1ccccc1)Cc1ccccc1. The van der Waals surface area contributed by atoms with E-state index in [9.17, 15) is 0 Å². The van der Waals surface area contributed by atoms with Crippen LogP contribution in [0.15, 0.2) is 115 Å². The van der Waals surface area contributed by atoms with Gasteiger partial charge in [0.25, 0.3) is 0 Å². The van der Waals surface area contributed by atoms with Crippen molar-refractivity contribution < 1.29 is 0 Å². The molecule has 0 atom stereocenters. The average molecular weight is 477 g/mol. The molecule has 4 aromatic rings. The lowest BCUT2D eigenvalue weighted by molar-refractivity contribution is 0.585. The van der Waals surface area contributed by atoms with E-state index in [0.717, 1.165) is 0 Å². The van der Waals surface area contributed by atoms with Crippen molar-refractivity contribution in [2.75, 3.05) is 0 Å². The van der Waals surface area contributed by atoms with Gasteiger partial charge >= 0.3 is 0 Å². The molecular weight excluding hydrogens is 436 g/mol. The van der Waals surface area contributed by atoms with Crippen molar-refractivity contribution in [3.05, 3.63) is 143 Å². The fraction of sp³-hybridized carbons (Fsp3) is 0.294. The molecule has 1 heteroatoms. The lowest BCUT2D eigenvalue weighted by Crippen LogP contribution is -2.44. The van der Waals surface area contributed by atoms with Crippen molar-refractivity contribution in [2.45, 2.75) is 63.2 Å². The highest BCUT2D eigenvalue weighted by atomic mass is 28.3. The summed E-state index contributed by atoms with van der Waals surface area (Å²) < 4.78 is 0. The molecule has 0 aliphatic rings. The minimum absolute atomic E-state index is 0.153. The average Bonchev–Trinajstić information content (AvgIpc) is 2.86. The fourth-order valence-corrected chi connectivity index (χ4v) is 10.8. The molecule has 0 unspecified atom stereocenters. The Labute approximate surface area is 214 Å². The van der Waals surface area contributed by atoms with Gasteiger partial charge in [-0.05, 0) is 46.7 Å². The maximum Gasteiger partial charge on any atom is 0.0666 e. The maximum atomic E-state index is 2.41. The van der Waals surface area contributed by atoms with Crippen molar-refractivity contribution in [1.82, 2.24) is 0 Å². The van der Waals surface area contributed by atoms with Gasteiger partial charge in [-0.25, -0.2) is 0 Å². The van der Waals surface area contributed by atoms with E-state index in [0.29, 0.717) is 0 Å². The number of rotatable bonds is 10. The summed E-state index contributed by atoms with van der Waals surface area (Å²) in [6.07, 6.45) is 2.42. The molecule has 4 aromatic carbocycles. The van der Waals surface area contributed by atoms with Crippen LogP contribution in [-0.4, -0.2) is 8.07 Å². The molecule has 0 saturated heterocycles. The van der Waals surface area contributed by atoms with E-state index < -0.39 is 8.07 Å². The van der Waals surface area contributed by atoms with Gasteiger partial charge in [0.15, 0.2) is 0 Å². The molecule has 0 aliphatic heterocycles. The van der Waals surface area contributed by atoms with Crippen LogP contribution in [0.3, 0.4) is 0 Å². The highest BCUT2D eigenvalue weighted by Crippen LogP contribution is 2.33. The van der Waals surface area contributed by atoms with Crippen molar-refractivity contribution >= 4 is 8.07 Å². The topological polar surface area (TPSA) is 0 Å². The summed E-state index contributed by atoms with van der Waals surface area (Å²) in [5, 5.41) is 0. The standard InChI is InChI=1S/C34H40Si/c1-34(2,3)33-24-14-13-23-32(33)28-35(26-30-18-9-5-10-19-30,27-31-20-11-6-12-21-31)25-15-22-29-16-7-4-8-17-29/h4-14,16-21,23-24H,15,22,25-28H2,1-3H3. The highest BCUT2D eigenvalue weighted by molar-refractivity contribution is 6.78. The van der Waals surface area contributed by atoms with E-state index in [1.807, 2.05) is 0 Å². The van der Waals surface area contributed by atoms with E-state index in [1.54, 1.807) is 5.56 Å². The third-order valence-corrected chi connectivity index (χ3v) is 12.1. The fourth-order valence-electron chi connectivity index (χ4n) is 5.63. The van der Waals surface area contributed by atoms with E-state index in [4.69, 9.17) is 0 Å². The molecular formula is C34H40Si. The first-order valence-corrected chi connectivity index (χ1v) is 16.0. The van der Waals surface area contributed by atoms with Crippen LogP contribution in [-0.2, 0) is 30.0 Å². The molecule has 0 heterocycles. The zero-order valence-electron chi connectivity index (χ0n) is 21.7. The molecule has 0 N–H and O–H groups in total. The zero-order chi connectivity index (χ0) is 24.6. The Kier molecular flexibility index (Phi) is 8.41. The molecule has 0 bridgehead atoms. The Morgan fingerprint density at radius 3 is 1.49 bits per heavy atom. The Morgan fingerprint density at radius 1 is 0.514 bits per heavy atom. The summed E-state index contributed by atoms with van der Waals surface area (Å²) in [4.78, 5) is 0. The summed E-state index contributed by atoms with van der Waals surface area (Å²) in [6, 6.07) is 47.9. The van der Waals surface area contributed by atoms with Gasteiger partial charge in [-0.15, -0.1) is 0 Å². The second-order valence-corrected chi connectivity index (χ2v) is 15.8. The molecule has 180 valence electrons. The lowest BCUT2D eigenvalue weighted by Gasteiger charge is -2.35. The highest BCUT2D eigenvalue weighted by Gasteiger charge is 2.35. The van der Waals surface area contributed by atoms with Gasteiger partial charge in [0.2, 0.25) is 0 Å². The van der Waals surface area contributed by atoms with Crippen LogP contribution < -0.4 is 0 Å². The third-order valence-electron chi connectivity index (χ3n) is 7.25. The Morgan fingerprint density at radius 2 is 0.971 bits per heavy atom. The molecule has 0 amide bonds. The van der Waals surface area contributed by atoms with E-state index in [2.05, 4.69) is 136 Å². The van der Waals surface area contributed by atoms with Crippen LogP contribution in [0.2, 0.25) is 6.04 Å². The first-order chi connectivity index (χ1) is 16.9. The predicted octanol–water partition coefficient (Wildman–Crippen LogP) is 8.71. The molecule has 35 heavy (non-hydrogen) atoms. The van der Waals surface area contributed by atoms with Crippen LogP contribution in [0.25, 0.3) is 0 Å². The summed E-state index contributed by atoms with van der Waals surface area (Å²) in [5.41, 5.74) is 7.70. The Hall–Kier alpha value is -2.90. The van der Waals surface area contributed by atoms with Gasteiger partial charge in [0, 0.05) is 0 Å². The molecule has 0 radical (unpaired) electrons. The quantitative estimate of drug-likeness (QED) is 0.201. The minimum atomic E-state index is -1.78. The van der Waals surface area contributed by atoms with Crippen molar-refractivity contribution in [3.8, 4) is 0 Å². The Bertz CT molecular complexity index is 1120. The van der Waals surface area contributed by atoms with Crippen LogP contribution in [0, 0.1) is 0 Å². The monoisotopic (exact) mass is 476 g/mol. The van der Waals surface area contributed by atoms with Crippen molar-refractivity contribution in [3.63, 3.8) is 0 Å². The van der Waals surface area contributed by atoms with Crippen molar-refractivity contribution in [1.29, 1.82) is 0 Å². The smallest absolute Gasteiger partial charge is 0.0622 e. The predicted molar refractivity (Wildman–Crippen MR) is 154 cm³/mol. The van der Waals surface area contributed by atoms with Gasteiger partial charge in [0.05, 0.1) is 8.07 Å². The lowest BCUT2D eigenvalue weighted by atomic mass is 9.84. The van der Waals surface area contributed by atoms with Gasteiger partial charge in [-0.3, -0.25) is 0 Å². The van der Waals surface area contributed by atoms with Crippen LogP contribution in [0.4, 0.5) is 0 Å². The number of aryl methyl sites for hydroxylation is 1. The molecule has 0 spiro atoms. The van der Waals surface area contributed by atoms with E-state index in [1.165, 1.54) is 59.3 Å². The van der Waals surface area contributed by atoms with Gasteiger partial charge in [-0.1, -0.05) is 160 Å². The molecule has 4 rings (SSSR count). The number of hydrogen-bond acceptors (Lipinski definition) is 0. The van der Waals surface area contributed by atoms with Gasteiger partial charge in [-0.2, -0.15) is 0 Å². The summed E-state index contributed by atoms with van der Waals surface area (Å²) >= 11 is 0.